The van der Waals surface area contributed by atoms with E-state index in [1.807, 2.05) is 62.5 Å². The quantitative estimate of drug-likeness (QED) is 0.607. The third-order valence-corrected chi connectivity index (χ3v) is 4.94. The van der Waals surface area contributed by atoms with E-state index in [-0.39, 0.29) is 12.0 Å². The molecule has 1 atom stereocenters. The van der Waals surface area contributed by atoms with Gasteiger partial charge < -0.3 is 14.8 Å². The minimum Gasteiger partial charge on any atom is -0.493 e. The molecule has 0 fully saturated rings. The van der Waals surface area contributed by atoms with Gasteiger partial charge in [-0.2, -0.15) is 5.10 Å². The third-order valence-electron chi connectivity index (χ3n) is 4.94. The molecule has 30 heavy (non-hydrogen) atoms. The van der Waals surface area contributed by atoms with Crippen LogP contribution >= 0.6 is 0 Å². The monoisotopic (exact) mass is 403 g/mol. The van der Waals surface area contributed by atoms with Crippen molar-refractivity contribution in [1.82, 2.24) is 15.1 Å². The Hall–Kier alpha value is -3.54. The number of para-hydroxylation sites is 1. The van der Waals surface area contributed by atoms with Crippen molar-refractivity contribution < 1.29 is 14.3 Å². The van der Waals surface area contributed by atoms with Gasteiger partial charge in [0.1, 0.15) is 17.6 Å². The standard InChI is InChI=1S/C24H25N3O3/c1-3-29-22-15-20-13-17(2)30-23(20)14-18(22)9-10-24(28)25-16-19-7-4-5-8-21(19)27-12-6-11-26-27/h4-12,14-15,17H,3,13,16H2,1-2H3,(H,25,28)/b10-9+. The van der Waals surface area contributed by atoms with Crippen molar-refractivity contribution >= 4 is 12.0 Å². The smallest absolute Gasteiger partial charge is 0.244 e. The molecule has 3 aromatic rings. The highest BCUT2D eigenvalue weighted by atomic mass is 16.5. The number of benzene rings is 2. The Bertz CT molecular complexity index is 1060. The summed E-state index contributed by atoms with van der Waals surface area (Å²) in [7, 11) is 0. The predicted octanol–water partition coefficient (Wildman–Crippen LogP) is 3.92. The zero-order chi connectivity index (χ0) is 20.9. The number of nitrogens with zero attached hydrogens (tertiary/aromatic N) is 2. The Balaban J connectivity index is 1.46. The number of carbonyl (C=O) groups excluding carboxylic acids is 1. The first-order valence-corrected chi connectivity index (χ1v) is 10.1. The van der Waals surface area contributed by atoms with Gasteiger partial charge in [0.05, 0.1) is 12.3 Å². The fourth-order valence-electron chi connectivity index (χ4n) is 3.57. The lowest BCUT2D eigenvalue weighted by Gasteiger charge is -2.11. The molecule has 0 spiro atoms. The van der Waals surface area contributed by atoms with Gasteiger partial charge in [-0.05, 0) is 49.8 Å². The molecule has 1 N–H and O–H groups in total. The summed E-state index contributed by atoms with van der Waals surface area (Å²) in [4.78, 5) is 12.5. The molecule has 154 valence electrons. The summed E-state index contributed by atoms with van der Waals surface area (Å²) in [5.41, 5.74) is 3.90. The maximum atomic E-state index is 12.5. The van der Waals surface area contributed by atoms with Gasteiger partial charge in [0, 0.05) is 42.6 Å². The molecule has 0 bridgehead atoms. The van der Waals surface area contributed by atoms with E-state index >= 15 is 0 Å². The normalized spacial score (nSPS) is 15.1. The summed E-state index contributed by atoms with van der Waals surface area (Å²) >= 11 is 0. The number of amides is 1. The lowest BCUT2D eigenvalue weighted by Crippen LogP contribution is -2.21. The van der Waals surface area contributed by atoms with E-state index in [1.54, 1.807) is 17.0 Å². The fourth-order valence-corrected chi connectivity index (χ4v) is 3.57. The largest absolute Gasteiger partial charge is 0.493 e. The van der Waals surface area contributed by atoms with Crippen LogP contribution < -0.4 is 14.8 Å². The van der Waals surface area contributed by atoms with E-state index in [4.69, 9.17) is 9.47 Å². The van der Waals surface area contributed by atoms with Crippen molar-refractivity contribution in [2.24, 2.45) is 0 Å². The second kappa shape index (κ2) is 8.86. The van der Waals surface area contributed by atoms with Crippen LogP contribution in [0.5, 0.6) is 11.5 Å². The summed E-state index contributed by atoms with van der Waals surface area (Å²) < 4.78 is 13.4. The van der Waals surface area contributed by atoms with Gasteiger partial charge in [-0.3, -0.25) is 4.79 Å². The highest BCUT2D eigenvalue weighted by Gasteiger charge is 2.21. The van der Waals surface area contributed by atoms with Crippen LogP contribution in [-0.2, 0) is 17.8 Å². The summed E-state index contributed by atoms with van der Waals surface area (Å²) in [6.07, 6.45) is 7.94. The Morgan fingerprint density at radius 2 is 2.20 bits per heavy atom. The number of ether oxygens (including phenoxy) is 2. The molecule has 1 aromatic heterocycles. The van der Waals surface area contributed by atoms with Gasteiger partial charge in [0.25, 0.3) is 0 Å². The van der Waals surface area contributed by atoms with E-state index in [0.29, 0.717) is 13.2 Å². The van der Waals surface area contributed by atoms with Crippen LogP contribution in [0.2, 0.25) is 0 Å². The first kappa shape index (κ1) is 19.8. The van der Waals surface area contributed by atoms with E-state index in [0.717, 1.165) is 40.3 Å². The average Bonchev–Trinajstić information content (AvgIpc) is 3.40. The molecule has 2 heterocycles. The van der Waals surface area contributed by atoms with Crippen molar-refractivity contribution in [1.29, 1.82) is 0 Å². The number of carbonyl (C=O) groups is 1. The Labute approximate surface area is 176 Å². The average molecular weight is 403 g/mol. The van der Waals surface area contributed by atoms with Crippen molar-refractivity contribution in [2.75, 3.05) is 6.61 Å². The van der Waals surface area contributed by atoms with Gasteiger partial charge in [-0.1, -0.05) is 18.2 Å². The number of rotatable bonds is 7. The van der Waals surface area contributed by atoms with Gasteiger partial charge in [0.2, 0.25) is 5.91 Å². The van der Waals surface area contributed by atoms with Crippen LogP contribution in [0.4, 0.5) is 0 Å². The molecule has 1 unspecified atom stereocenters. The Kier molecular flexibility index (Phi) is 5.84. The van der Waals surface area contributed by atoms with Crippen molar-refractivity contribution in [2.45, 2.75) is 32.9 Å². The molecule has 0 saturated carbocycles. The van der Waals surface area contributed by atoms with Gasteiger partial charge in [0.15, 0.2) is 0 Å². The molecule has 0 aliphatic carbocycles. The summed E-state index contributed by atoms with van der Waals surface area (Å²) in [6, 6.07) is 13.7. The SMILES string of the molecule is CCOc1cc2c(cc1/C=C/C(=O)NCc1ccccc1-n1cccn1)OC(C)C2. The topological polar surface area (TPSA) is 65.4 Å². The molecule has 6 nitrogen and oxygen atoms in total. The third kappa shape index (κ3) is 4.38. The summed E-state index contributed by atoms with van der Waals surface area (Å²) in [6.45, 7) is 4.96. The van der Waals surface area contributed by atoms with Crippen molar-refractivity contribution in [3.05, 3.63) is 77.6 Å². The zero-order valence-electron chi connectivity index (χ0n) is 17.2. The molecule has 1 amide bonds. The van der Waals surface area contributed by atoms with E-state index in [2.05, 4.69) is 10.4 Å². The highest BCUT2D eigenvalue weighted by Crippen LogP contribution is 2.35. The number of hydrogen-bond acceptors (Lipinski definition) is 4. The zero-order valence-corrected chi connectivity index (χ0v) is 17.2. The molecular weight excluding hydrogens is 378 g/mol. The van der Waals surface area contributed by atoms with Gasteiger partial charge in [-0.25, -0.2) is 4.68 Å². The highest BCUT2D eigenvalue weighted by molar-refractivity contribution is 5.92. The van der Waals surface area contributed by atoms with Crippen molar-refractivity contribution in [3.63, 3.8) is 0 Å². The molecule has 6 heteroatoms. The number of aromatic nitrogens is 2. The summed E-state index contributed by atoms with van der Waals surface area (Å²) in [5.74, 6) is 1.45. The second-order valence-corrected chi connectivity index (χ2v) is 7.19. The molecule has 4 rings (SSSR count). The molecule has 2 aromatic carbocycles. The minimum absolute atomic E-state index is 0.159. The maximum Gasteiger partial charge on any atom is 0.244 e. The maximum absolute atomic E-state index is 12.5. The summed E-state index contributed by atoms with van der Waals surface area (Å²) in [5, 5.41) is 7.22. The van der Waals surface area contributed by atoms with Crippen LogP contribution in [0.25, 0.3) is 11.8 Å². The molecule has 1 aliphatic rings. The fraction of sp³-hybridized carbons (Fsp3) is 0.250. The molecular formula is C24H25N3O3. The lowest BCUT2D eigenvalue weighted by atomic mass is 10.1. The molecule has 0 saturated heterocycles. The molecule has 1 aliphatic heterocycles. The van der Waals surface area contributed by atoms with E-state index < -0.39 is 0 Å². The molecule has 0 radical (unpaired) electrons. The lowest BCUT2D eigenvalue weighted by molar-refractivity contribution is -0.116. The van der Waals surface area contributed by atoms with Gasteiger partial charge in [-0.15, -0.1) is 0 Å². The number of nitrogens with one attached hydrogen (secondary N) is 1. The van der Waals surface area contributed by atoms with Crippen LogP contribution in [0.15, 0.2) is 60.9 Å². The number of fused-ring (bicyclic) bond motifs is 1. The van der Waals surface area contributed by atoms with Crippen LogP contribution in [0, 0.1) is 0 Å². The van der Waals surface area contributed by atoms with Crippen LogP contribution in [0.1, 0.15) is 30.5 Å². The van der Waals surface area contributed by atoms with E-state index in [1.165, 1.54) is 6.08 Å². The minimum atomic E-state index is -0.178. The van der Waals surface area contributed by atoms with E-state index in [9.17, 15) is 4.79 Å². The van der Waals surface area contributed by atoms with Gasteiger partial charge >= 0.3 is 0 Å². The first-order valence-electron chi connectivity index (χ1n) is 10.1. The first-order chi connectivity index (χ1) is 14.6. The van der Waals surface area contributed by atoms with Crippen LogP contribution in [0.3, 0.4) is 0 Å². The Morgan fingerprint density at radius 1 is 1.33 bits per heavy atom. The second-order valence-electron chi connectivity index (χ2n) is 7.19. The number of hydrogen-bond donors (Lipinski definition) is 1. The Morgan fingerprint density at radius 3 is 3.00 bits per heavy atom. The predicted molar refractivity (Wildman–Crippen MR) is 116 cm³/mol. The van der Waals surface area contributed by atoms with Crippen LogP contribution in [-0.4, -0.2) is 28.4 Å². The van der Waals surface area contributed by atoms with Crippen molar-refractivity contribution in [3.8, 4) is 17.2 Å².